The van der Waals surface area contributed by atoms with Crippen LogP contribution >= 0.6 is 0 Å². The number of amides is 3. The molecule has 1 aliphatic rings. The van der Waals surface area contributed by atoms with Gasteiger partial charge in [-0.15, -0.1) is 0 Å². The first-order chi connectivity index (χ1) is 9.76. The van der Waals surface area contributed by atoms with Gasteiger partial charge in [-0.2, -0.15) is 0 Å². The molecule has 0 aliphatic carbocycles. The van der Waals surface area contributed by atoms with Crippen LogP contribution in [0.3, 0.4) is 0 Å². The van der Waals surface area contributed by atoms with Gasteiger partial charge in [0.05, 0.1) is 0 Å². The Bertz CT molecular complexity index is 561. The van der Waals surface area contributed by atoms with Gasteiger partial charge in [0.1, 0.15) is 0 Å². The number of hydrogen-bond donors (Lipinski definition) is 2. The predicted molar refractivity (Wildman–Crippen MR) is 84.6 cm³/mol. The maximum absolute atomic E-state index is 11.9. The van der Waals surface area contributed by atoms with Crippen molar-refractivity contribution in [3.05, 3.63) is 23.8 Å². The summed E-state index contributed by atoms with van der Waals surface area (Å²) in [6, 6.07) is 5.44. The van der Waals surface area contributed by atoms with E-state index in [-0.39, 0.29) is 17.4 Å². The van der Waals surface area contributed by atoms with Crippen molar-refractivity contribution in [2.24, 2.45) is 5.41 Å². The summed E-state index contributed by atoms with van der Waals surface area (Å²) >= 11 is 0. The summed E-state index contributed by atoms with van der Waals surface area (Å²) < 4.78 is 0. The second-order valence-electron chi connectivity index (χ2n) is 6.66. The number of anilines is 2. The highest BCUT2D eigenvalue weighted by Crippen LogP contribution is 2.29. The Morgan fingerprint density at radius 3 is 2.67 bits per heavy atom. The number of carbonyl (C=O) groups excluding carboxylic acids is 2. The lowest BCUT2D eigenvalue weighted by Crippen LogP contribution is -2.35. The molecule has 3 amide bonds. The van der Waals surface area contributed by atoms with Crippen molar-refractivity contribution >= 4 is 23.3 Å². The van der Waals surface area contributed by atoms with Gasteiger partial charge in [0, 0.05) is 31.4 Å². The zero-order valence-electron chi connectivity index (χ0n) is 13.1. The normalized spacial score (nSPS) is 14.7. The fourth-order valence-electron chi connectivity index (χ4n) is 2.26. The first-order valence-corrected chi connectivity index (χ1v) is 7.20. The smallest absolute Gasteiger partial charge is 0.319 e. The Balaban J connectivity index is 2.03. The summed E-state index contributed by atoms with van der Waals surface area (Å²) in [6.45, 7) is 6.82. The van der Waals surface area contributed by atoms with Crippen molar-refractivity contribution in [2.45, 2.75) is 33.6 Å². The van der Waals surface area contributed by atoms with Gasteiger partial charge in [-0.3, -0.25) is 4.79 Å². The number of benzene rings is 1. The van der Waals surface area contributed by atoms with Gasteiger partial charge in [-0.1, -0.05) is 20.8 Å². The molecule has 2 N–H and O–H groups in total. The Hall–Kier alpha value is -2.04. The summed E-state index contributed by atoms with van der Waals surface area (Å²) in [7, 11) is 1.78. The average Bonchev–Trinajstić information content (AvgIpc) is 2.40. The Kier molecular flexibility index (Phi) is 4.21. The van der Waals surface area contributed by atoms with Crippen molar-refractivity contribution in [3.63, 3.8) is 0 Å². The van der Waals surface area contributed by atoms with Crippen LogP contribution < -0.4 is 15.5 Å². The maximum Gasteiger partial charge on any atom is 0.319 e. The minimum atomic E-state index is -0.204. The largest absolute Gasteiger partial charge is 0.337 e. The van der Waals surface area contributed by atoms with E-state index in [9.17, 15) is 9.59 Å². The molecular formula is C16H23N3O2. The minimum absolute atomic E-state index is 0.0519. The average molecular weight is 289 g/mol. The Labute approximate surface area is 125 Å². The highest BCUT2D eigenvalue weighted by molar-refractivity contribution is 5.97. The molecule has 1 heterocycles. The molecular weight excluding hydrogens is 266 g/mol. The van der Waals surface area contributed by atoms with Crippen LogP contribution in [0.2, 0.25) is 0 Å². The molecule has 0 saturated heterocycles. The number of rotatable bonds is 2. The second kappa shape index (κ2) is 5.76. The van der Waals surface area contributed by atoms with Gasteiger partial charge in [0.2, 0.25) is 5.91 Å². The molecule has 0 fully saturated rings. The predicted octanol–water partition coefficient (Wildman–Crippen LogP) is 2.76. The van der Waals surface area contributed by atoms with E-state index in [2.05, 4.69) is 31.4 Å². The van der Waals surface area contributed by atoms with E-state index in [0.717, 1.165) is 23.4 Å². The van der Waals surface area contributed by atoms with Crippen molar-refractivity contribution in [1.82, 2.24) is 5.32 Å². The van der Waals surface area contributed by atoms with Crippen molar-refractivity contribution < 1.29 is 9.59 Å². The third-order valence-electron chi connectivity index (χ3n) is 3.46. The molecule has 5 nitrogen and oxygen atoms in total. The molecule has 0 atom stereocenters. The highest BCUT2D eigenvalue weighted by Gasteiger charge is 2.21. The zero-order chi connectivity index (χ0) is 15.6. The van der Waals surface area contributed by atoms with Crippen LogP contribution in [0.5, 0.6) is 0 Å². The maximum atomic E-state index is 11.9. The number of aryl methyl sites for hydroxylation is 1. The van der Waals surface area contributed by atoms with E-state index in [1.54, 1.807) is 11.9 Å². The Morgan fingerprint density at radius 1 is 1.29 bits per heavy atom. The van der Waals surface area contributed by atoms with Crippen LogP contribution in [0.25, 0.3) is 0 Å². The van der Waals surface area contributed by atoms with Gasteiger partial charge < -0.3 is 15.5 Å². The summed E-state index contributed by atoms with van der Waals surface area (Å²) in [5.74, 6) is 0.131. The third kappa shape index (κ3) is 3.97. The third-order valence-corrected chi connectivity index (χ3v) is 3.46. The van der Waals surface area contributed by atoms with Gasteiger partial charge in [-0.05, 0) is 35.6 Å². The summed E-state index contributed by atoms with van der Waals surface area (Å²) in [4.78, 5) is 25.2. The minimum Gasteiger partial charge on any atom is -0.337 e. The van der Waals surface area contributed by atoms with E-state index in [1.165, 1.54) is 0 Å². The fraction of sp³-hybridized carbons (Fsp3) is 0.500. The first-order valence-electron chi connectivity index (χ1n) is 7.20. The number of nitrogens with zero attached hydrogens (tertiary/aromatic N) is 1. The van der Waals surface area contributed by atoms with E-state index < -0.39 is 0 Å². The SMILES string of the molecule is CN1C(=O)CCc2cc(NC(=O)NCC(C)(C)C)ccc21. The summed E-state index contributed by atoms with van der Waals surface area (Å²) in [6.07, 6.45) is 1.24. The standard InChI is InChI=1S/C16H23N3O2/c1-16(2,3)10-17-15(21)18-12-6-7-13-11(9-12)5-8-14(20)19(13)4/h6-7,9H,5,8,10H2,1-4H3,(H2,17,18,21). The van der Waals surface area contributed by atoms with E-state index in [4.69, 9.17) is 0 Å². The van der Waals surface area contributed by atoms with Gasteiger partial charge >= 0.3 is 6.03 Å². The van der Waals surface area contributed by atoms with Gasteiger partial charge in [0.25, 0.3) is 0 Å². The van der Waals surface area contributed by atoms with Crippen molar-refractivity contribution in [1.29, 1.82) is 0 Å². The molecule has 0 unspecified atom stereocenters. The molecule has 0 aromatic heterocycles. The fourth-order valence-corrected chi connectivity index (χ4v) is 2.26. The quantitative estimate of drug-likeness (QED) is 0.879. The van der Waals surface area contributed by atoms with Crippen LogP contribution in [0.1, 0.15) is 32.8 Å². The van der Waals surface area contributed by atoms with E-state index in [1.807, 2.05) is 18.2 Å². The van der Waals surface area contributed by atoms with Crippen LogP contribution in [-0.2, 0) is 11.2 Å². The number of fused-ring (bicyclic) bond motifs is 1. The molecule has 0 bridgehead atoms. The number of urea groups is 1. The van der Waals surface area contributed by atoms with E-state index in [0.29, 0.717) is 13.0 Å². The number of carbonyl (C=O) groups is 2. The lowest BCUT2D eigenvalue weighted by molar-refractivity contribution is -0.118. The van der Waals surface area contributed by atoms with Gasteiger partial charge in [-0.25, -0.2) is 4.79 Å². The molecule has 21 heavy (non-hydrogen) atoms. The molecule has 0 spiro atoms. The molecule has 1 aromatic carbocycles. The molecule has 0 radical (unpaired) electrons. The monoisotopic (exact) mass is 289 g/mol. The first kappa shape index (κ1) is 15.4. The van der Waals surface area contributed by atoms with Crippen LogP contribution in [-0.4, -0.2) is 25.5 Å². The Morgan fingerprint density at radius 2 is 2.00 bits per heavy atom. The molecule has 5 heteroatoms. The van der Waals surface area contributed by atoms with Crippen molar-refractivity contribution in [3.8, 4) is 0 Å². The molecule has 114 valence electrons. The lowest BCUT2D eigenvalue weighted by Gasteiger charge is -2.26. The van der Waals surface area contributed by atoms with Gasteiger partial charge in [0.15, 0.2) is 0 Å². The molecule has 1 aliphatic heterocycles. The van der Waals surface area contributed by atoms with E-state index >= 15 is 0 Å². The zero-order valence-corrected chi connectivity index (χ0v) is 13.1. The molecule has 0 saturated carbocycles. The van der Waals surface area contributed by atoms with Crippen LogP contribution in [0.4, 0.5) is 16.2 Å². The summed E-state index contributed by atoms with van der Waals surface area (Å²) in [5, 5.41) is 5.69. The van der Waals surface area contributed by atoms with Crippen LogP contribution in [0.15, 0.2) is 18.2 Å². The summed E-state index contributed by atoms with van der Waals surface area (Å²) in [5.41, 5.74) is 2.82. The number of nitrogens with one attached hydrogen (secondary N) is 2. The molecule has 2 rings (SSSR count). The topological polar surface area (TPSA) is 61.4 Å². The second-order valence-corrected chi connectivity index (χ2v) is 6.66. The lowest BCUT2D eigenvalue weighted by atomic mass is 9.97. The number of hydrogen-bond acceptors (Lipinski definition) is 2. The highest BCUT2D eigenvalue weighted by atomic mass is 16.2. The van der Waals surface area contributed by atoms with Crippen molar-refractivity contribution in [2.75, 3.05) is 23.8 Å². The van der Waals surface area contributed by atoms with Crippen LogP contribution in [0, 0.1) is 5.41 Å². The molecule has 1 aromatic rings.